The van der Waals surface area contributed by atoms with Crippen LogP contribution in [0.2, 0.25) is 0 Å². The van der Waals surface area contributed by atoms with Gasteiger partial charge in [0.05, 0.1) is 0 Å². The summed E-state index contributed by atoms with van der Waals surface area (Å²) < 4.78 is 14.3. The molecule has 0 saturated carbocycles. The zero-order valence-electron chi connectivity index (χ0n) is 8.39. The smallest absolute Gasteiger partial charge is 0.458 e. The van der Waals surface area contributed by atoms with E-state index < -0.39 is 24.3 Å². The van der Waals surface area contributed by atoms with Gasteiger partial charge in [-0.1, -0.05) is 13.2 Å². The Balaban J connectivity index is 2.44. The monoisotopic (exact) mass is 212 g/mol. The SMILES string of the molecule is C=CC1OC(=O)OC1COC(=O)C(=C)C. The van der Waals surface area contributed by atoms with Crippen LogP contribution in [0.1, 0.15) is 6.92 Å². The van der Waals surface area contributed by atoms with Gasteiger partial charge in [0.1, 0.15) is 6.61 Å². The van der Waals surface area contributed by atoms with Crippen molar-refractivity contribution in [2.24, 2.45) is 0 Å². The van der Waals surface area contributed by atoms with Crippen molar-refractivity contribution in [1.82, 2.24) is 0 Å². The molecule has 1 aliphatic rings. The van der Waals surface area contributed by atoms with Crippen molar-refractivity contribution >= 4 is 12.1 Å². The maximum absolute atomic E-state index is 11.0. The predicted molar refractivity (Wildman–Crippen MR) is 51.1 cm³/mol. The lowest BCUT2D eigenvalue weighted by Gasteiger charge is -2.11. The molecule has 0 amide bonds. The molecule has 5 nitrogen and oxygen atoms in total. The highest BCUT2D eigenvalue weighted by Gasteiger charge is 2.35. The summed E-state index contributed by atoms with van der Waals surface area (Å²) in [4.78, 5) is 21.8. The first-order valence-corrected chi connectivity index (χ1v) is 4.37. The molecule has 1 saturated heterocycles. The van der Waals surface area contributed by atoms with Crippen LogP contribution >= 0.6 is 0 Å². The van der Waals surface area contributed by atoms with Gasteiger partial charge in [0.2, 0.25) is 0 Å². The molecular weight excluding hydrogens is 200 g/mol. The molecule has 1 aliphatic heterocycles. The Bertz CT molecular complexity index is 307. The fraction of sp³-hybridized carbons (Fsp3) is 0.400. The van der Waals surface area contributed by atoms with Gasteiger partial charge in [-0.2, -0.15) is 0 Å². The van der Waals surface area contributed by atoms with Crippen LogP contribution in [-0.4, -0.2) is 30.9 Å². The maximum Gasteiger partial charge on any atom is 0.509 e. The lowest BCUT2D eigenvalue weighted by Crippen LogP contribution is -2.27. The Kier molecular flexibility index (Phi) is 3.49. The molecule has 5 heteroatoms. The minimum atomic E-state index is -0.781. The fourth-order valence-corrected chi connectivity index (χ4v) is 1.02. The molecule has 0 spiro atoms. The molecule has 0 bridgehead atoms. The van der Waals surface area contributed by atoms with Crippen molar-refractivity contribution in [1.29, 1.82) is 0 Å². The summed E-state index contributed by atoms with van der Waals surface area (Å²) in [5.74, 6) is -0.527. The van der Waals surface area contributed by atoms with Crippen LogP contribution in [0, 0.1) is 0 Å². The molecule has 2 unspecified atom stereocenters. The van der Waals surface area contributed by atoms with Crippen molar-refractivity contribution in [3.63, 3.8) is 0 Å². The summed E-state index contributed by atoms with van der Waals surface area (Å²) in [5, 5.41) is 0. The number of carbonyl (C=O) groups excluding carboxylic acids is 2. The Labute approximate surface area is 87.3 Å². The van der Waals surface area contributed by atoms with Crippen molar-refractivity contribution in [2.75, 3.05) is 6.61 Å². The number of carbonyl (C=O) groups is 2. The van der Waals surface area contributed by atoms with E-state index in [9.17, 15) is 9.59 Å². The van der Waals surface area contributed by atoms with Crippen LogP contribution in [0.3, 0.4) is 0 Å². The van der Waals surface area contributed by atoms with E-state index >= 15 is 0 Å². The molecule has 1 heterocycles. The van der Waals surface area contributed by atoms with Gasteiger partial charge in [0.15, 0.2) is 12.2 Å². The van der Waals surface area contributed by atoms with Crippen LogP contribution < -0.4 is 0 Å². The number of esters is 1. The predicted octanol–water partition coefficient (Wildman–Crippen LogP) is 1.20. The third-order valence-electron chi connectivity index (χ3n) is 1.81. The van der Waals surface area contributed by atoms with Gasteiger partial charge in [-0.05, 0) is 13.0 Å². The number of cyclic esters (lactones) is 2. The van der Waals surface area contributed by atoms with Crippen LogP contribution in [-0.2, 0) is 19.0 Å². The molecule has 0 radical (unpaired) electrons. The average Bonchev–Trinajstić information content (AvgIpc) is 2.55. The molecule has 0 N–H and O–H groups in total. The molecule has 1 rings (SSSR count). The zero-order chi connectivity index (χ0) is 11.4. The molecule has 1 fully saturated rings. The van der Waals surface area contributed by atoms with E-state index in [1.807, 2.05) is 0 Å². The van der Waals surface area contributed by atoms with Gasteiger partial charge in [-0.25, -0.2) is 9.59 Å². The largest absolute Gasteiger partial charge is 0.509 e. The van der Waals surface area contributed by atoms with Gasteiger partial charge < -0.3 is 14.2 Å². The van der Waals surface area contributed by atoms with E-state index in [4.69, 9.17) is 14.2 Å². The number of rotatable bonds is 4. The molecule has 0 aromatic carbocycles. The van der Waals surface area contributed by atoms with Gasteiger partial charge in [0, 0.05) is 5.57 Å². The Morgan fingerprint density at radius 3 is 2.80 bits per heavy atom. The minimum Gasteiger partial charge on any atom is -0.458 e. The summed E-state index contributed by atoms with van der Waals surface area (Å²) in [6.45, 7) is 8.37. The molecule has 2 atom stereocenters. The Hall–Kier alpha value is -1.78. The van der Waals surface area contributed by atoms with Gasteiger partial charge in [-0.3, -0.25) is 0 Å². The van der Waals surface area contributed by atoms with E-state index in [1.54, 1.807) is 0 Å². The van der Waals surface area contributed by atoms with E-state index in [0.717, 1.165) is 0 Å². The molecule has 82 valence electrons. The van der Waals surface area contributed by atoms with Crippen LogP contribution in [0.4, 0.5) is 4.79 Å². The summed E-state index contributed by atoms with van der Waals surface area (Å²) in [6, 6.07) is 0. The summed E-state index contributed by atoms with van der Waals surface area (Å²) >= 11 is 0. The van der Waals surface area contributed by atoms with Crippen molar-refractivity contribution in [3.05, 3.63) is 24.8 Å². The molecule has 0 aromatic rings. The second kappa shape index (κ2) is 4.63. The lowest BCUT2D eigenvalue weighted by atomic mass is 10.2. The van der Waals surface area contributed by atoms with Gasteiger partial charge in [0.25, 0.3) is 0 Å². The van der Waals surface area contributed by atoms with Crippen molar-refractivity contribution < 1.29 is 23.8 Å². The zero-order valence-corrected chi connectivity index (χ0v) is 8.39. The summed E-state index contributed by atoms with van der Waals surface area (Å²) in [5.41, 5.74) is 0.287. The first-order valence-electron chi connectivity index (χ1n) is 4.37. The van der Waals surface area contributed by atoms with Crippen LogP contribution in [0.5, 0.6) is 0 Å². The highest BCUT2D eigenvalue weighted by molar-refractivity contribution is 5.86. The Morgan fingerprint density at radius 2 is 2.27 bits per heavy atom. The first-order chi connectivity index (χ1) is 7.04. The summed E-state index contributed by atoms with van der Waals surface area (Å²) in [6.07, 6.45) is -0.561. The van der Waals surface area contributed by atoms with E-state index in [0.29, 0.717) is 0 Å². The number of hydrogen-bond donors (Lipinski definition) is 0. The quantitative estimate of drug-likeness (QED) is 0.398. The number of hydrogen-bond acceptors (Lipinski definition) is 5. The highest BCUT2D eigenvalue weighted by Crippen LogP contribution is 2.16. The maximum atomic E-state index is 11.0. The summed E-state index contributed by atoms with van der Waals surface area (Å²) in [7, 11) is 0. The highest BCUT2D eigenvalue weighted by atomic mass is 16.8. The topological polar surface area (TPSA) is 61.8 Å². The van der Waals surface area contributed by atoms with Crippen LogP contribution in [0.15, 0.2) is 24.8 Å². The normalized spacial score (nSPS) is 23.9. The molecular formula is C10H12O5. The second-order valence-electron chi connectivity index (χ2n) is 3.10. The van der Waals surface area contributed by atoms with Gasteiger partial charge >= 0.3 is 12.1 Å². The van der Waals surface area contributed by atoms with Crippen molar-refractivity contribution in [2.45, 2.75) is 19.1 Å². The number of ether oxygens (including phenoxy) is 3. The lowest BCUT2D eigenvalue weighted by molar-refractivity contribution is -0.141. The second-order valence-corrected chi connectivity index (χ2v) is 3.10. The third kappa shape index (κ3) is 2.83. The Morgan fingerprint density at radius 1 is 1.60 bits per heavy atom. The fourth-order valence-electron chi connectivity index (χ4n) is 1.02. The first kappa shape index (κ1) is 11.3. The third-order valence-corrected chi connectivity index (χ3v) is 1.81. The molecule has 15 heavy (non-hydrogen) atoms. The van der Waals surface area contributed by atoms with E-state index in [-0.39, 0.29) is 12.2 Å². The minimum absolute atomic E-state index is 0.0614. The van der Waals surface area contributed by atoms with E-state index in [2.05, 4.69) is 13.2 Å². The van der Waals surface area contributed by atoms with Crippen LogP contribution in [0.25, 0.3) is 0 Å². The van der Waals surface area contributed by atoms with E-state index in [1.165, 1.54) is 13.0 Å². The molecule has 0 aromatic heterocycles. The van der Waals surface area contributed by atoms with Crippen molar-refractivity contribution in [3.8, 4) is 0 Å². The average molecular weight is 212 g/mol. The standard InChI is InChI=1S/C10H12O5/c1-4-7-8(15-10(12)14-7)5-13-9(11)6(2)3/h4,7-8H,1-2,5H2,3H3. The molecule has 0 aliphatic carbocycles. The van der Waals surface area contributed by atoms with Gasteiger partial charge in [-0.15, -0.1) is 0 Å².